The molecule has 3 aromatic carbocycles. The lowest BCUT2D eigenvalue weighted by molar-refractivity contribution is -0.119. The van der Waals surface area contributed by atoms with Crippen molar-refractivity contribution < 1.29 is 14.7 Å². The number of hydrogen-bond donors (Lipinski definition) is 2. The number of aromatic nitrogens is 1. The van der Waals surface area contributed by atoms with Crippen LogP contribution in [0, 0.1) is 6.92 Å². The number of pyridine rings is 1. The number of ketones is 1. The topological polar surface area (TPSA) is 89.0 Å². The second-order valence-electron chi connectivity index (χ2n) is 12.6. The molecule has 0 atom stereocenters. The Labute approximate surface area is 274 Å². The summed E-state index contributed by atoms with van der Waals surface area (Å²) in [5, 5.41) is 15.2. The van der Waals surface area contributed by atoms with Crippen molar-refractivity contribution in [1.82, 2.24) is 14.8 Å². The first-order valence-corrected chi connectivity index (χ1v) is 15.5. The predicted molar refractivity (Wildman–Crippen MR) is 191 cm³/mol. The largest absolute Gasteiger partial charge is 0.389 e. The molecule has 0 saturated heterocycles. The van der Waals surface area contributed by atoms with Gasteiger partial charge < -0.3 is 25.1 Å². The van der Waals surface area contributed by atoms with Crippen LogP contribution in [0.15, 0.2) is 96.3 Å². The zero-order valence-electron chi connectivity index (χ0n) is 28.8. The standard InChI is InChI=1S/C31H41N5O3.C7H8/c1-21(36(8)20-31(3,4)39)28(22(2)37)30(38)33-24-14-12-23(13-15-24)25-10-9-11-27-26(25)16-17-32-29(27)35(7)19-18-34(5)6;1-7-5-3-2-4-6-7/h9-17,39H,18-20H2,1-8H3,(H,33,38);2-6H,1H3/b28-21+;. The van der Waals surface area contributed by atoms with Crippen LogP contribution in [0.4, 0.5) is 11.5 Å². The summed E-state index contributed by atoms with van der Waals surface area (Å²) in [7, 11) is 7.93. The highest BCUT2D eigenvalue weighted by Gasteiger charge is 2.23. The monoisotopic (exact) mass is 623 g/mol. The van der Waals surface area contributed by atoms with Crippen molar-refractivity contribution in [2.75, 3.05) is 58.0 Å². The number of rotatable bonds is 11. The van der Waals surface area contributed by atoms with Gasteiger partial charge in [-0.25, -0.2) is 4.98 Å². The van der Waals surface area contributed by atoms with E-state index >= 15 is 0 Å². The molecule has 2 N–H and O–H groups in total. The lowest BCUT2D eigenvalue weighted by Crippen LogP contribution is -2.37. The molecule has 8 nitrogen and oxygen atoms in total. The number of amides is 1. The van der Waals surface area contributed by atoms with Crippen molar-refractivity contribution in [3.8, 4) is 11.1 Å². The molecule has 1 aromatic heterocycles. The highest BCUT2D eigenvalue weighted by atomic mass is 16.3. The minimum absolute atomic E-state index is 0.0679. The van der Waals surface area contributed by atoms with Crippen molar-refractivity contribution in [1.29, 1.82) is 0 Å². The Morgan fingerprint density at radius 3 is 2.02 bits per heavy atom. The quantitative estimate of drug-likeness (QED) is 0.114. The van der Waals surface area contributed by atoms with Crippen molar-refractivity contribution >= 4 is 34.0 Å². The van der Waals surface area contributed by atoms with Gasteiger partial charge in [-0.1, -0.05) is 66.2 Å². The molecule has 1 heterocycles. The van der Waals surface area contributed by atoms with Crippen molar-refractivity contribution in [2.45, 2.75) is 40.2 Å². The molecule has 0 bridgehead atoms. The van der Waals surface area contributed by atoms with Gasteiger partial charge in [0.25, 0.3) is 5.91 Å². The van der Waals surface area contributed by atoms with E-state index in [0.717, 1.165) is 40.8 Å². The number of carbonyl (C=O) groups is 2. The van der Waals surface area contributed by atoms with Gasteiger partial charge in [0.1, 0.15) is 11.4 Å². The molecule has 0 aliphatic heterocycles. The Bertz CT molecular complexity index is 1640. The third-order valence-corrected chi connectivity index (χ3v) is 7.56. The smallest absolute Gasteiger partial charge is 0.261 e. The Kier molecular flexibility index (Phi) is 12.6. The third-order valence-electron chi connectivity index (χ3n) is 7.56. The SMILES string of the molecule is CC(=O)/C(C(=O)Nc1ccc(-c2cccc3c(N(C)CCN(C)C)nccc23)cc1)=C(/C)N(C)CC(C)(C)O.Cc1ccccc1. The number of nitrogens with zero attached hydrogens (tertiary/aromatic N) is 4. The van der Waals surface area contributed by atoms with Crippen LogP contribution in [0.5, 0.6) is 0 Å². The highest BCUT2D eigenvalue weighted by Crippen LogP contribution is 2.33. The van der Waals surface area contributed by atoms with Gasteiger partial charge in [-0.15, -0.1) is 0 Å². The van der Waals surface area contributed by atoms with Crippen LogP contribution in [-0.2, 0) is 9.59 Å². The fourth-order valence-corrected chi connectivity index (χ4v) is 5.13. The molecular formula is C38H49N5O3. The van der Waals surface area contributed by atoms with E-state index in [2.05, 4.69) is 72.4 Å². The predicted octanol–water partition coefficient (Wildman–Crippen LogP) is 6.40. The summed E-state index contributed by atoms with van der Waals surface area (Å²) < 4.78 is 0. The molecule has 0 unspecified atom stereocenters. The Morgan fingerprint density at radius 2 is 1.48 bits per heavy atom. The molecule has 244 valence electrons. The zero-order chi connectivity index (χ0) is 34.0. The van der Waals surface area contributed by atoms with E-state index in [1.807, 2.05) is 60.8 Å². The average Bonchev–Trinajstić information content (AvgIpc) is 2.99. The van der Waals surface area contributed by atoms with Crippen LogP contribution in [0.1, 0.15) is 33.3 Å². The number of carbonyl (C=O) groups excluding carboxylic acids is 2. The Hall–Kier alpha value is -4.53. The molecule has 0 fully saturated rings. The number of hydrogen-bond acceptors (Lipinski definition) is 7. The number of nitrogens with one attached hydrogen (secondary N) is 1. The molecule has 0 spiro atoms. The van der Waals surface area contributed by atoms with E-state index in [1.54, 1.807) is 32.7 Å². The first-order chi connectivity index (χ1) is 21.7. The maximum Gasteiger partial charge on any atom is 0.261 e. The molecule has 0 aliphatic rings. The van der Waals surface area contributed by atoms with Crippen LogP contribution in [-0.4, -0.2) is 85.0 Å². The van der Waals surface area contributed by atoms with E-state index < -0.39 is 11.5 Å². The normalized spacial score (nSPS) is 11.8. The Balaban J connectivity index is 0.000000724. The summed E-state index contributed by atoms with van der Waals surface area (Å²) >= 11 is 0. The lowest BCUT2D eigenvalue weighted by Gasteiger charge is -2.28. The summed E-state index contributed by atoms with van der Waals surface area (Å²) in [4.78, 5) is 36.2. The number of aryl methyl sites for hydroxylation is 1. The maximum atomic E-state index is 13.1. The summed E-state index contributed by atoms with van der Waals surface area (Å²) in [6.45, 7) is 10.6. The van der Waals surface area contributed by atoms with Crippen molar-refractivity contribution in [2.24, 2.45) is 0 Å². The molecule has 0 aliphatic carbocycles. The second-order valence-corrected chi connectivity index (χ2v) is 12.6. The molecule has 0 saturated carbocycles. The number of fused-ring (bicyclic) bond motifs is 1. The molecule has 4 aromatic rings. The van der Waals surface area contributed by atoms with Gasteiger partial charge in [0, 0.05) is 56.7 Å². The first-order valence-electron chi connectivity index (χ1n) is 15.5. The van der Waals surface area contributed by atoms with Crippen LogP contribution in [0.2, 0.25) is 0 Å². The van der Waals surface area contributed by atoms with Crippen molar-refractivity contribution in [3.63, 3.8) is 0 Å². The third kappa shape index (κ3) is 10.3. The van der Waals surface area contributed by atoms with Gasteiger partial charge in [-0.2, -0.15) is 0 Å². The number of anilines is 2. The minimum atomic E-state index is -0.968. The van der Waals surface area contributed by atoms with E-state index in [1.165, 1.54) is 12.5 Å². The fraction of sp³-hybridized carbons (Fsp3) is 0.342. The average molecular weight is 624 g/mol. The molecule has 1 amide bonds. The zero-order valence-corrected chi connectivity index (χ0v) is 28.8. The summed E-state index contributed by atoms with van der Waals surface area (Å²) in [5.74, 6) is 0.130. The summed E-state index contributed by atoms with van der Waals surface area (Å²) in [5.41, 5.74) is 3.60. The van der Waals surface area contributed by atoms with E-state index in [0.29, 0.717) is 11.4 Å². The number of aliphatic hydroxyl groups is 1. The number of Topliss-reactive ketones (excluding diaryl/α,β-unsaturated/α-hetero) is 1. The maximum absolute atomic E-state index is 13.1. The van der Waals surface area contributed by atoms with Crippen LogP contribution >= 0.6 is 0 Å². The fourth-order valence-electron chi connectivity index (χ4n) is 5.13. The van der Waals surface area contributed by atoms with Crippen molar-refractivity contribution in [3.05, 3.63) is 102 Å². The van der Waals surface area contributed by atoms with Gasteiger partial charge in [0.05, 0.1) is 5.60 Å². The molecule has 8 heteroatoms. The van der Waals surface area contributed by atoms with Gasteiger partial charge in [-0.3, -0.25) is 9.59 Å². The summed E-state index contributed by atoms with van der Waals surface area (Å²) in [6, 6.07) is 26.1. The minimum Gasteiger partial charge on any atom is -0.389 e. The van der Waals surface area contributed by atoms with E-state index in [-0.39, 0.29) is 17.9 Å². The van der Waals surface area contributed by atoms with Gasteiger partial charge >= 0.3 is 0 Å². The summed E-state index contributed by atoms with van der Waals surface area (Å²) in [6.07, 6.45) is 1.84. The van der Waals surface area contributed by atoms with Gasteiger partial charge in [0.2, 0.25) is 0 Å². The van der Waals surface area contributed by atoms with Crippen LogP contribution in [0.25, 0.3) is 21.9 Å². The van der Waals surface area contributed by atoms with Gasteiger partial charge in [0.15, 0.2) is 5.78 Å². The second kappa shape index (κ2) is 16.2. The first kappa shape index (κ1) is 35.9. The molecular weight excluding hydrogens is 574 g/mol. The van der Waals surface area contributed by atoms with E-state index in [9.17, 15) is 14.7 Å². The van der Waals surface area contributed by atoms with Gasteiger partial charge in [-0.05, 0) is 83.4 Å². The number of benzene rings is 3. The molecule has 46 heavy (non-hydrogen) atoms. The number of allylic oxidation sites excluding steroid dienone is 1. The molecule has 0 radical (unpaired) electrons. The van der Waals surface area contributed by atoms with Crippen LogP contribution < -0.4 is 10.2 Å². The number of likely N-dealkylation sites (N-methyl/N-ethyl adjacent to an activating group) is 3. The highest BCUT2D eigenvalue weighted by molar-refractivity contribution is 6.23. The Morgan fingerprint density at radius 1 is 0.826 bits per heavy atom. The lowest BCUT2D eigenvalue weighted by atomic mass is 9.98. The van der Waals surface area contributed by atoms with E-state index in [4.69, 9.17) is 0 Å². The molecule has 4 rings (SSSR count). The van der Waals surface area contributed by atoms with Crippen LogP contribution in [0.3, 0.4) is 0 Å².